The maximum absolute atomic E-state index is 11.9. The number of nitrogens with two attached hydrogens (primary N) is 1. The molecule has 0 atom stereocenters. The third-order valence-electron chi connectivity index (χ3n) is 5.44. The second-order valence-electron chi connectivity index (χ2n) is 8.04. The zero-order valence-corrected chi connectivity index (χ0v) is 19.8. The number of rotatable bonds is 11. The van der Waals surface area contributed by atoms with Crippen molar-refractivity contribution in [3.05, 3.63) is 64.7 Å². The molecule has 1 aliphatic heterocycles. The number of aryl methyl sites for hydroxylation is 1. The van der Waals surface area contributed by atoms with Crippen LogP contribution in [0.1, 0.15) is 54.9 Å². The molecule has 0 bridgehead atoms. The number of sulfonamides is 1. The van der Waals surface area contributed by atoms with Crippen molar-refractivity contribution in [2.75, 3.05) is 13.2 Å². The van der Waals surface area contributed by atoms with Gasteiger partial charge in [-0.05, 0) is 42.0 Å². The topological polar surface area (TPSA) is 123 Å². The largest absolute Gasteiger partial charge is 0.493 e. The first kappa shape index (κ1) is 24.6. The molecule has 2 aromatic rings. The van der Waals surface area contributed by atoms with Gasteiger partial charge in [0.05, 0.1) is 17.9 Å². The average molecular weight is 473 g/mol. The number of benzene rings is 2. The lowest BCUT2D eigenvalue weighted by molar-refractivity contribution is 0.240. The van der Waals surface area contributed by atoms with Gasteiger partial charge < -0.3 is 21.1 Å². The van der Waals surface area contributed by atoms with Crippen LogP contribution in [-0.2, 0) is 28.7 Å². The van der Waals surface area contributed by atoms with Gasteiger partial charge in [-0.1, -0.05) is 56.2 Å². The number of fused-ring (bicyclic) bond motifs is 1. The zero-order chi connectivity index (χ0) is 23.7. The molecular weight excluding hydrogens is 440 g/mol. The lowest BCUT2D eigenvalue weighted by atomic mass is 10.1. The van der Waals surface area contributed by atoms with Crippen LogP contribution in [0.25, 0.3) is 0 Å². The Bertz CT molecular complexity index is 1080. The summed E-state index contributed by atoms with van der Waals surface area (Å²) in [4.78, 5) is 11.9. The van der Waals surface area contributed by atoms with Crippen LogP contribution < -0.4 is 21.1 Å². The van der Waals surface area contributed by atoms with E-state index in [2.05, 4.69) is 34.1 Å². The van der Waals surface area contributed by atoms with E-state index in [0.717, 1.165) is 37.7 Å². The van der Waals surface area contributed by atoms with E-state index in [1.54, 1.807) is 18.2 Å². The molecular formula is C24H32N4O4S. The number of nitrogens with one attached hydrogen (secondary N) is 2. The highest BCUT2D eigenvalue weighted by molar-refractivity contribution is 7.89. The van der Waals surface area contributed by atoms with E-state index in [9.17, 15) is 13.2 Å². The van der Waals surface area contributed by atoms with Gasteiger partial charge in [0.2, 0.25) is 0 Å². The zero-order valence-electron chi connectivity index (χ0n) is 19.0. The van der Waals surface area contributed by atoms with Gasteiger partial charge in [-0.25, -0.2) is 13.2 Å². The Morgan fingerprint density at radius 1 is 1.03 bits per heavy atom. The molecule has 8 nitrogen and oxygen atoms in total. The molecule has 0 aliphatic carbocycles. The van der Waals surface area contributed by atoms with Crippen LogP contribution in [0.4, 0.5) is 4.79 Å². The minimum Gasteiger partial charge on any atom is -0.493 e. The number of ether oxygens (including phenoxy) is 1. The molecule has 3 rings (SSSR count). The lowest BCUT2D eigenvalue weighted by Gasteiger charge is -2.18. The number of carbonyl (C=O) groups is 1. The SMILES string of the molecule is CCc1ccc(CNC(=O)NCCCCCCOc2cccc3c2C(N)=NS(=O)(=O)C3)cc1. The number of hydrogen-bond donors (Lipinski definition) is 3. The molecule has 0 aromatic heterocycles. The van der Waals surface area contributed by atoms with E-state index < -0.39 is 10.0 Å². The highest BCUT2D eigenvalue weighted by Crippen LogP contribution is 2.28. The summed E-state index contributed by atoms with van der Waals surface area (Å²) in [5.74, 6) is 0.381. The third-order valence-corrected chi connectivity index (χ3v) is 6.59. The second kappa shape index (κ2) is 11.7. The molecule has 178 valence electrons. The van der Waals surface area contributed by atoms with Crippen molar-refractivity contribution in [3.8, 4) is 5.75 Å². The van der Waals surface area contributed by atoms with Gasteiger partial charge in [0.1, 0.15) is 11.6 Å². The van der Waals surface area contributed by atoms with Crippen LogP contribution >= 0.6 is 0 Å². The summed E-state index contributed by atoms with van der Waals surface area (Å²) in [5.41, 5.74) is 9.40. The quantitative estimate of drug-likeness (QED) is 0.433. The van der Waals surface area contributed by atoms with Crippen molar-refractivity contribution in [1.29, 1.82) is 0 Å². The van der Waals surface area contributed by atoms with Gasteiger partial charge in [0, 0.05) is 13.1 Å². The van der Waals surface area contributed by atoms with Gasteiger partial charge in [-0.15, -0.1) is 4.40 Å². The normalized spacial score (nSPS) is 14.2. The molecule has 1 heterocycles. The molecule has 0 spiro atoms. The van der Waals surface area contributed by atoms with E-state index in [-0.39, 0.29) is 17.6 Å². The Morgan fingerprint density at radius 2 is 1.76 bits per heavy atom. The second-order valence-corrected chi connectivity index (χ2v) is 9.67. The van der Waals surface area contributed by atoms with Crippen molar-refractivity contribution in [1.82, 2.24) is 10.6 Å². The predicted molar refractivity (Wildman–Crippen MR) is 130 cm³/mol. The van der Waals surface area contributed by atoms with Crippen molar-refractivity contribution < 1.29 is 17.9 Å². The summed E-state index contributed by atoms with van der Waals surface area (Å²) < 4.78 is 32.9. The highest BCUT2D eigenvalue weighted by Gasteiger charge is 2.25. The van der Waals surface area contributed by atoms with Crippen molar-refractivity contribution in [2.24, 2.45) is 10.1 Å². The Morgan fingerprint density at radius 3 is 2.52 bits per heavy atom. The van der Waals surface area contributed by atoms with E-state index in [1.807, 2.05) is 12.1 Å². The first-order valence-electron chi connectivity index (χ1n) is 11.3. The summed E-state index contributed by atoms with van der Waals surface area (Å²) >= 11 is 0. The van der Waals surface area contributed by atoms with Gasteiger partial charge in [0.15, 0.2) is 0 Å². The van der Waals surface area contributed by atoms with Gasteiger partial charge in [-0.2, -0.15) is 0 Å². The lowest BCUT2D eigenvalue weighted by Crippen LogP contribution is -2.35. The molecule has 4 N–H and O–H groups in total. The molecule has 9 heteroatoms. The van der Waals surface area contributed by atoms with Crippen LogP contribution in [-0.4, -0.2) is 33.4 Å². The Kier molecular flexibility index (Phi) is 8.71. The Hall–Kier alpha value is -3.07. The maximum atomic E-state index is 11.9. The third kappa shape index (κ3) is 7.49. The smallest absolute Gasteiger partial charge is 0.315 e. The van der Waals surface area contributed by atoms with Gasteiger partial charge in [0.25, 0.3) is 10.0 Å². The molecule has 0 saturated carbocycles. The van der Waals surface area contributed by atoms with E-state index in [0.29, 0.717) is 36.6 Å². The van der Waals surface area contributed by atoms with Crippen LogP contribution in [0, 0.1) is 0 Å². The highest BCUT2D eigenvalue weighted by atomic mass is 32.2. The Balaban J connectivity index is 1.28. The Labute approximate surface area is 195 Å². The van der Waals surface area contributed by atoms with Crippen molar-refractivity contribution >= 4 is 21.9 Å². The standard InChI is InChI=1S/C24H32N4O4S/c1-2-18-10-12-19(13-11-18)16-27-24(29)26-14-5-3-4-6-15-32-21-9-7-8-20-17-33(30,31)28-23(25)22(20)21/h7-13H,2-6,14-17H2,1H3,(H2,25,28)(H2,26,27,29). The number of amides is 2. The van der Waals surface area contributed by atoms with Crippen molar-refractivity contribution in [2.45, 2.75) is 51.3 Å². The average Bonchev–Trinajstić information content (AvgIpc) is 2.78. The molecule has 2 amide bonds. The molecule has 33 heavy (non-hydrogen) atoms. The fourth-order valence-electron chi connectivity index (χ4n) is 3.63. The van der Waals surface area contributed by atoms with Crippen LogP contribution in [0.5, 0.6) is 5.75 Å². The first-order chi connectivity index (χ1) is 15.9. The van der Waals surface area contributed by atoms with E-state index >= 15 is 0 Å². The van der Waals surface area contributed by atoms with Crippen LogP contribution in [0.3, 0.4) is 0 Å². The molecule has 0 saturated heterocycles. The monoisotopic (exact) mass is 472 g/mol. The molecule has 0 radical (unpaired) electrons. The summed E-state index contributed by atoms with van der Waals surface area (Å²) in [7, 11) is -3.55. The minimum atomic E-state index is -3.55. The van der Waals surface area contributed by atoms with Crippen molar-refractivity contribution in [3.63, 3.8) is 0 Å². The number of nitrogens with zero attached hydrogens (tertiary/aromatic N) is 1. The van der Waals surface area contributed by atoms with Gasteiger partial charge in [-0.3, -0.25) is 0 Å². The van der Waals surface area contributed by atoms with E-state index in [4.69, 9.17) is 10.5 Å². The number of amidine groups is 1. The number of urea groups is 1. The van der Waals surface area contributed by atoms with Gasteiger partial charge >= 0.3 is 6.03 Å². The minimum absolute atomic E-state index is 0.0193. The summed E-state index contributed by atoms with van der Waals surface area (Å²) in [6.45, 7) is 3.75. The molecule has 2 aromatic carbocycles. The molecule has 0 fully saturated rings. The van der Waals surface area contributed by atoms with E-state index in [1.165, 1.54) is 5.56 Å². The number of carbonyl (C=O) groups excluding carboxylic acids is 1. The maximum Gasteiger partial charge on any atom is 0.315 e. The number of unbranched alkanes of at least 4 members (excludes halogenated alkanes) is 3. The summed E-state index contributed by atoms with van der Waals surface area (Å²) in [6.07, 6.45) is 4.66. The first-order valence-corrected chi connectivity index (χ1v) is 12.9. The van der Waals surface area contributed by atoms with Crippen LogP contribution in [0.15, 0.2) is 46.9 Å². The predicted octanol–water partition coefficient (Wildman–Crippen LogP) is 3.24. The molecule has 0 unspecified atom stereocenters. The number of hydrogen-bond acceptors (Lipinski definition) is 5. The summed E-state index contributed by atoms with van der Waals surface area (Å²) in [5, 5.41) is 5.75. The fourth-order valence-corrected chi connectivity index (χ4v) is 4.72. The van der Waals surface area contributed by atoms with Crippen LogP contribution in [0.2, 0.25) is 0 Å². The fraction of sp³-hybridized carbons (Fsp3) is 0.417. The summed E-state index contributed by atoms with van der Waals surface area (Å²) in [6, 6.07) is 13.3. The molecule has 1 aliphatic rings.